The summed E-state index contributed by atoms with van der Waals surface area (Å²) < 4.78 is 38.4. The third-order valence-corrected chi connectivity index (χ3v) is 3.56. The Bertz CT molecular complexity index is 267. The first-order chi connectivity index (χ1) is 7.96. The van der Waals surface area contributed by atoms with E-state index in [9.17, 15) is 18.3 Å². The molecule has 0 spiro atoms. The Morgan fingerprint density at radius 1 is 1.29 bits per heavy atom. The highest BCUT2D eigenvalue weighted by molar-refractivity contribution is 4.87. The van der Waals surface area contributed by atoms with Crippen molar-refractivity contribution in [2.75, 3.05) is 0 Å². The summed E-state index contributed by atoms with van der Waals surface area (Å²) in [5, 5.41) is 9.87. The van der Waals surface area contributed by atoms with Gasteiger partial charge in [-0.1, -0.05) is 12.8 Å². The number of hydrogen-bond acceptors (Lipinski definition) is 1. The molecule has 0 aromatic rings. The monoisotopic (exact) mass is 248 g/mol. The van der Waals surface area contributed by atoms with Crippen LogP contribution in [0.4, 0.5) is 13.2 Å². The van der Waals surface area contributed by atoms with Crippen LogP contribution in [0.25, 0.3) is 0 Å². The van der Waals surface area contributed by atoms with Crippen LogP contribution < -0.4 is 0 Å². The number of terminal acetylenes is 1. The van der Waals surface area contributed by atoms with Gasteiger partial charge >= 0.3 is 6.18 Å². The molecule has 1 saturated carbocycles. The molecule has 1 N–H and O–H groups in total. The Morgan fingerprint density at radius 2 is 1.94 bits per heavy atom. The lowest BCUT2D eigenvalue weighted by molar-refractivity contribution is -0.207. The quantitative estimate of drug-likeness (QED) is 0.596. The molecule has 0 amide bonds. The Hall–Kier alpha value is -0.690. The van der Waals surface area contributed by atoms with Crippen LogP contribution in [-0.4, -0.2) is 17.4 Å². The molecule has 0 heterocycles. The minimum Gasteiger partial charge on any atom is -0.393 e. The molecule has 1 aliphatic carbocycles. The molecule has 0 aromatic heterocycles. The largest absolute Gasteiger partial charge is 0.393 e. The van der Waals surface area contributed by atoms with Crippen molar-refractivity contribution in [2.24, 2.45) is 11.8 Å². The van der Waals surface area contributed by atoms with Gasteiger partial charge in [0.1, 0.15) is 0 Å². The fourth-order valence-electron chi connectivity index (χ4n) is 2.65. The third-order valence-electron chi connectivity index (χ3n) is 3.56. The standard InChI is InChI=1S/C13H19F3O/c1-2-3-4-9-12(17)10-7-5-6-8-11(10)13(14,15)16/h1,10-12,17H,3-9H2. The van der Waals surface area contributed by atoms with Gasteiger partial charge in [-0.15, -0.1) is 12.3 Å². The van der Waals surface area contributed by atoms with Gasteiger partial charge in [0, 0.05) is 6.42 Å². The van der Waals surface area contributed by atoms with Crippen molar-refractivity contribution in [2.45, 2.75) is 57.2 Å². The molecule has 0 saturated heterocycles. The highest BCUT2D eigenvalue weighted by Gasteiger charge is 2.47. The summed E-state index contributed by atoms with van der Waals surface area (Å²) in [6.45, 7) is 0. The zero-order valence-electron chi connectivity index (χ0n) is 9.84. The minimum absolute atomic E-state index is 0.153. The van der Waals surface area contributed by atoms with Crippen LogP contribution in [0.5, 0.6) is 0 Å². The van der Waals surface area contributed by atoms with Crippen molar-refractivity contribution in [3.8, 4) is 12.3 Å². The van der Waals surface area contributed by atoms with E-state index >= 15 is 0 Å². The second-order valence-corrected chi connectivity index (χ2v) is 4.76. The number of alkyl halides is 3. The van der Waals surface area contributed by atoms with E-state index in [1.54, 1.807) is 0 Å². The molecule has 3 unspecified atom stereocenters. The predicted octanol–water partition coefficient (Wildman–Crippen LogP) is 3.52. The first kappa shape index (κ1) is 14.4. The lowest BCUT2D eigenvalue weighted by atomic mass is 9.75. The second kappa shape index (κ2) is 6.30. The molecule has 1 aliphatic rings. The third kappa shape index (κ3) is 4.23. The number of aliphatic hydroxyl groups is 1. The lowest BCUT2D eigenvalue weighted by Gasteiger charge is -2.36. The molecule has 0 aromatic carbocycles. The average Bonchev–Trinajstić information content (AvgIpc) is 2.28. The maximum atomic E-state index is 12.8. The fraction of sp³-hybridized carbons (Fsp3) is 0.846. The topological polar surface area (TPSA) is 20.2 Å². The highest BCUT2D eigenvalue weighted by atomic mass is 19.4. The van der Waals surface area contributed by atoms with Crippen LogP contribution in [0.1, 0.15) is 44.9 Å². The van der Waals surface area contributed by atoms with E-state index in [-0.39, 0.29) is 6.42 Å². The Labute approximate surface area is 100 Å². The fourth-order valence-corrected chi connectivity index (χ4v) is 2.65. The van der Waals surface area contributed by atoms with E-state index in [1.165, 1.54) is 0 Å². The van der Waals surface area contributed by atoms with E-state index in [0.29, 0.717) is 32.1 Å². The van der Waals surface area contributed by atoms with E-state index in [4.69, 9.17) is 6.42 Å². The molecule has 98 valence electrons. The first-order valence-electron chi connectivity index (χ1n) is 6.15. The van der Waals surface area contributed by atoms with Gasteiger partial charge < -0.3 is 5.11 Å². The lowest BCUT2D eigenvalue weighted by Crippen LogP contribution is -2.39. The molecule has 0 radical (unpaired) electrons. The maximum absolute atomic E-state index is 12.8. The van der Waals surface area contributed by atoms with Crippen molar-refractivity contribution in [1.82, 2.24) is 0 Å². The molecule has 1 nitrogen and oxygen atoms in total. The van der Waals surface area contributed by atoms with Crippen LogP contribution in [0.15, 0.2) is 0 Å². The molecular formula is C13H19F3O. The Kier molecular flexibility index (Phi) is 5.32. The molecule has 1 rings (SSSR count). The van der Waals surface area contributed by atoms with E-state index in [0.717, 1.165) is 6.42 Å². The minimum atomic E-state index is -4.18. The molecule has 17 heavy (non-hydrogen) atoms. The summed E-state index contributed by atoms with van der Waals surface area (Å²) in [5.74, 6) is 0.461. The Balaban J connectivity index is 2.55. The van der Waals surface area contributed by atoms with E-state index in [2.05, 4.69) is 5.92 Å². The zero-order chi connectivity index (χ0) is 12.9. The molecule has 1 fully saturated rings. The summed E-state index contributed by atoms with van der Waals surface area (Å²) in [6.07, 6.45) is 3.53. The maximum Gasteiger partial charge on any atom is 0.392 e. The molecule has 3 atom stereocenters. The van der Waals surface area contributed by atoms with Crippen LogP contribution in [0, 0.1) is 24.2 Å². The van der Waals surface area contributed by atoms with Crippen molar-refractivity contribution in [1.29, 1.82) is 0 Å². The number of halogens is 3. The number of aliphatic hydroxyl groups excluding tert-OH is 1. The van der Waals surface area contributed by atoms with Crippen molar-refractivity contribution < 1.29 is 18.3 Å². The van der Waals surface area contributed by atoms with Crippen LogP contribution in [-0.2, 0) is 0 Å². The predicted molar refractivity (Wildman–Crippen MR) is 60.2 cm³/mol. The van der Waals surface area contributed by atoms with Gasteiger partial charge in [-0.2, -0.15) is 13.2 Å². The Morgan fingerprint density at radius 3 is 2.53 bits per heavy atom. The van der Waals surface area contributed by atoms with Gasteiger partial charge in [0.05, 0.1) is 12.0 Å². The van der Waals surface area contributed by atoms with Crippen LogP contribution in [0.2, 0.25) is 0 Å². The molecule has 0 aliphatic heterocycles. The van der Waals surface area contributed by atoms with Gasteiger partial charge in [0.2, 0.25) is 0 Å². The van der Waals surface area contributed by atoms with Gasteiger partial charge in [-0.25, -0.2) is 0 Å². The van der Waals surface area contributed by atoms with Gasteiger partial charge in [0.15, 0.2) is 0 Å². The average molecular weight is 248 g/mol. The first-order valence-corrected chi connectivity index (χ1v) is 6.15. The normalized spacial score (nSPS) is 27.5. The summed E-state index contributed by atoms with van der Waals surface area (Å²) in [7, 11) is 0. The summed E-state index contributed by atoms with van der Waals surface area (Å²) in [5.41, 5.74) is 0. The summed E-state index contributed by atoms with van der Waals surface area (Å²) in [4.78, 5) is 0. The molecular weight excluding hydrogens is 229 g/mol. The number of hydrogen-bond donors (Lipinski definition) is 1. The SMILES string of the molecule is C#CCCCC(O)C1CCCCC1C(F)(F)F. The van der Waals surface area contributed by atoms with Gasteiger partial charge in [-0.05, 0) is 31.6 Å². The summed E-state index contributed by atoms with van der Waals surface area (Å²) in [6, 6.07) is 0. The molecule has 0 bridgehead atoms. The smallest absolute Gasteiger partial charge is 0.392 e. The van der Waals surface area contributed by atoms with Crippen LogP contribution >= 0.6 is 0 Å². The number of unbranched alkanes of at least 4 members (excludes halogenated alkanes) is 1. The van der Waals surface area contributed by atoms with Crippen molar-refractivity contribution in [3.05, 3.63) is 0 Å². The summed E-state index contributed by atoms with van der Waals surface area (Å²) >= 11 is 0. The van der Waals surface area contributed by atoms with E-state index < -0.39 is 24.1 Å². The second-order valence-electron chi connectivity index (χ2n) is 4.76. The molecule has 4 heteroatoms. The highest BCUT2D eigenvalue weighted by Crippen LogP contribution is 2.43. The van der Waals surface area contributed by atoms with Gasteiger partial charge in [0.25, 0.3) is 0 Å². The number of rotatable bonds is 4. The zero-order valence-corrected chi connectivity index (χ0v) is 9.84. The van der Waals surface area contributed by atoms with Crippen LogP contribution in [0.3, 0.4) is 0 Å². The van der Waals surface area contributed by atoms with Gasteiger partial charge in [-0.3, -0.25) is 0 Å². The van der Waals surface area contributed by atoms with Crippen molar-refractivity contribution >= 4 is 0 Å². The van der Waals surface area contributed by atoms with E-state index in [1.807, 2.05) is 0 Å². The van der Waals surface area contributed by atoms with Crippen molar-refractivity contribution in [3.63, 3.8) is 0 Å².